The number of amides is 2. The number of halogens is 1. The highest BCUT2D eigenvalue weighted by atomic mass is 35.5. The van der Waals surface area contributed by atoms with Crippen LogP contribution in [0, 0.1) is 11.8 Å². The molecule has 246 valence electrons. The summed E-state index contributed by atoms with van der Waals surface area (Å²) >= 11 is 6.60. The van der Waals surface area contributed by atoms with E-state index in [0.717, 1.165) is 43.3 Å². The number of aliphatic carboxylic acids is 1. The number of hydrogen-bond acceptors (Lipinski definition) is 7. The molecule has 0 radical (unpaired) electrons. The van der Waals surface area contributed by atoms with Crippen LogP contribution in [0.3, 0.4) is 0 Å². The lowest BCUT2D eigenvalue weighted by Gasteiger charge is -2.30. The molecule has 2 aliphatic heterocycles. The van der Waals surface area contributed by atoms with E-state index in [-0.39, 0.29) is 48.4 Å². The Labute approximate surface area is 273 Å². The molecule has 0 spiro atoms. The number of rotatable bonds is 10. The number of carboxylic acid groups (broad SMARTS) is 1. The van der Waals surface area contributed by atoms with E-state index in [1.165, 1.54) is 6.26 Å². The number of carbonyl (C=O) groups is 3. The number of nitrogens with one attached hydrogen (secondary N) is 1. The van der Waals surface area contributed by atoms with E-state index < -0.39 is 5.97 Å². The summed E-state index contributed by atoms with van der Waals surface area (Å²) in [6, 6.07) is 12.7. The van der Waals surface area contributed by atoms with Crippen molar-refractivity contribution in [1.29, 1.82) is 0 Å². The molecule has 2 saturated heterocycles. The molecule has 1 saturated carbocycles. The van der Waals surface area contributed by atoms with Gasteiger partial charge in [0.2, 0.25) is 5.91 Å². The summed E-state index contributed by atoms with van der Waals surface area (Å²) in [5.74, 6) is -0.937. The highest BCUT2D eigenvalue weighted by Gasteiger charge is 2.42. The fraction of sp³-hybridized carbons (Fsp3) is 0.514. The number of anilines is 1. The van der Waals surface area contributed by atoms with Gasteiger partial charge in [-0.15, -0.1) is 0 Å². The van der Waals surface area contributed by atoms with E-state index >= 15 is 0 Å². The molecule has 2 amide bonds. The molecule has 3 aromatic rings. The van der Waals surface area contributed by atoms with Crippen molar-refractivity contribution in [1.82, 2.24) is 9.80 Å². The molecule has 2 N–H and O–H groups in total. The first kappa shape index (κ1) is 32.5. The Bertz CT molecular complexity index is 1570. The second-order valence-corrected chi connectivity index (χ2v) is 13.4. The standard InChI is InChI=1S/C35H42ClN3O7/c1-21-16-38(18-32(21)44-2)24-15-25(19-45-26-10-8-23(9-11-26)35(42)43)39(17-24)33(40)14-22-7-12-30(29(36)13-22)37-34(41)28-20-46-31-6-4-3-5-27(28)31/h3-7,12-13,20-21,23-26,32H,8-11,14-19H2,1-2H3,(H,37,41)(H,42,43)/t21-,23-,24+,25+,26-,32+/m1/s1. The minimum atomic E-state index is -0.731. The van der Waals surface area contributed by atoms with Crippen LogP contribution in [-0.2, 0) is 25.5 Å². The molecule has 46 heavy (non-hydrogen) atoms. The lowest BCUT2D eigenvalue weighted by Crippen LogP contribution is -2.41. The van der Waals surface area contributed by atoms with Gasteiger partial charge in [0.1, 0.15) is 11.8 Å². The van der Waals surface area contributed by atoms with Crippen molar-refractivity contribution in [3.05, 3.63) is 64.9 Å². The van der Waals surface area contributed by atoms with Crippen LogP contribution in [0.4, 0.5) is 5.69 Å². The van der Waals surface area contributed by atoms with Crippen LogP contribution in [0.2, 0.25) is 5.02 Å². The molecule has 0 bridgehead atoms. The zero-order valence-electron chi connectivity index (χ0n) is 26.3. The van der Waals surface area contributed by atoms with Crippen molar-refractivity contribution in [2.45, 2.75) is 69.7 Å². The number of ether oxygens (including phenoxy) is 2. The average molecular weight is 652 g/mol. The third-order valence-electron chi connectivity index (χ3n) is 10.0. The van der Waals surface area contributed by atoms with Gasteiger partial charge in [-0.25, -0.2) is 0 Å². The zero-order chi connectivity index (χ0) is 32.4. The molecule has 0 unspecified atom stereocenters. The molecular formula is C35H42ClN3O7. The number of nitrogens with zero attached hydrogens (tertiary/aromatic N) is 2. The minimum absolute atomic E-state index is 0.000980. The van der Waals surface area contributed by atoms with Crippen LogP contribution in [0.1, 0.15) is 54.9 Å². The second kappa shape index (κ2) is 14.1. The van der Waals surface area contributed by atoms with Gasteiger partial charge in [-0.2, -0.15) is 0 Å². The number of likely N-dealkylation sites (tertiary alicyclic amines) is 2. The minimum Gasteiger partial charge on any atom is -0.481 e. The zero-order valence-corrected chi connectivity index (χ0v) is 27.1. The summed E-state index contributed by atoms with van der Waals surface area (Å²) in [6.45, 7) is 5.01. The Morgan fingerprint density at radius 1 is 1.07 bits per heavy atom. The fourth-order valence-corrected chi connectivity index (χ4v) is 7.56. The molecule has 3 fully saturated rings. The number of para-hydroxylation sites is 1. The maximum atomic E-state index is 13.8. The van der Waals surface area contributed by atoms with Crippen molar-refractivity contribution in [3.63, 3.8) is 0 Å². The van der Waals surface area contributed by atoms with Crippen LogP contribution >= 0.6 is 11.6 Å². The monoisotopic (exact) mass is 651 g/mol. The summed E-state index contributed by atoms with van der Waals surface area (Å²) in [7, 11) is 1.76. The molecule has 2 aromatic carbocycles. The van der Waals surface area contributed by atoms with Gasteiger partial charge in [-0.1, -0.05) is 42.8 Å². The number of carbonyl (C=O) groups excluding carboxylic acids is 2. The van der Waals surface area contributed by atoms with Crippen LogP contribution < -0.4 is 5.32 Å². The van der Waals surface area contributed by atoms with Crippen molar-refractivity contribution in [2.75, 3.05) is 38.7 Å². The van der Waals surface area contributed by atoms with Crippen molar-refractivity contribution in [3.8, 4) is 0 Å². The lowest BCUT2D eigenvalue weighted by atomic mass is 9.87. The van der Waals surface area contributed by atoms with Gasteiger partial charge in [0, 0.05) is 38.2 Å². The Kier molecular flexibility index (Phi) is 9.98. The molecule has 6 rings (SSSR count). The predicted molar refractivity (Wildman–Crippen MR) is 174 cm³/mol. The van der Waals surface area contributed by atoms with Gasteiger partial charge in [-0.3, -0.25) is 19.3 Å². The highest BCUT2D eigenvalue weighted by molar-refractivity contribution is 6.34. The van der Waals surface area contributed by atoms with E-state index in [1.54, 1.807) is 25.3 Å². The quantitative estimate of drug-likeness (QED) is 0.296. The SMILES string of the molecule is CO[C@H]1CN([C@H]2C[C@@H](CO[C@H]3CC[C@H](C(=O)O)CC3)N(C(=O)Cc3ccc(NC(=O)c4coc5ccccc45)c(Cl)c3)C2)C[C@H]1C. The first-order valence-corrected chi connectivity index (χ1v) is 16.5. The topological polar surface area (TPSA) is 122 Å². The Hall–Kier alpha value is -3.44. The summed E-state index contributed by atoms with van der Waals surface area (Å²) in [5.41, 5.74) is 2.26. The van der Waals surface area contributed by atoms with Crippen LogP contribution in [0.15, 0.2) is 53.1 Å². The number of fused-ring (bicyclic) bond motifs is 1. The van der Waals surface area contributed by atoms with Gasteiger partial charge in [0.05, 0.1) is 53.5 Å². The van der Waals surface area contributed by atoms with Crippen molar-refractivity contribution >= 4 is 46.0 Å². The third-order valence-corrected chi connectivity index (χ3v) is 10.3. The van der Waals surface area contributed by atoms with Gasteiger partial charge < -0.3 is 29.2 Å². The summed E-state index contributed by atoms with van der Waals surface area (Å²) < 4.78 is 17.5. The molecule has 10 nitrogen and oxygen atoms in total. The predicted octanol–water partition coefficient (Wildman–Crippen LogP) is 5.48. The first-order valence-electron chi connectivity index (χ1n) is 16.2. The van der Waals surface area contributed by atoms with E-state index in [9.17, 15) is 19.5 Å². The van der Waals surface area contributed by atoms with Gasteiger partial charge in [0.15, 0.2) is 0 Å². The van der Waals surface area contributed by atoms with Gasteiger partial charge in [0.25, 0.3) is 5.91 Å². The molecule has 3 aliphatic rings. The Morgan fingerprint density at radius 2 is 1.85 bits per heavy atom. The highest BCUT2D eigenvalue weighted by Crippen LogP contribution is 2.32. The summed E-state index contributed by atoms with van der Waals surface area (Å²) in [5, 5.41) is 13.3. The van der Waals surface area contributed by atoms with Gasteiger partial charge in [-0.05, 0) is 61.8 Å². The number of carboxylic acids is 1. The molecule has 1 aromatic heterocycles. The van der Waals surface area contributed by atoms with Gasteiger partial charge >= 0.3 is 5.97 Å². The molecule has 3 heterocycles. The molecular weight excluding hydrogens is 610 g/mol. The maximum Gasteiger partial charge on any atom is 0.306 e. The Morgan fingerprint density at radius 3 is 2.57 bits per heavy atom. The maximum absolute atomic E-state index is 13.8. The Balaban J connectivity index is 1.11. The van der Waals surface area contributed by atoms with Crippen molar-refractivity contribution in [2.24, 2.45) is 11.8 Å². The summed E-state index contributed by atoms with van der Waals surface area (Å²) in [6.07, 6.45) is 5.29. The number of furan rings is 1. The fourth-order valence-electron chi connectivity index (χ4n) is 7.31. The third kappa shape index (κ3) is 7.10. The molecule has 4 atom stereocenters. The number of benzene rings is 2. The second-order valence-electron chi connectivity index (χ2n) is 13.0. The summed E-state index contributed by atoms with van der Waals surface area (Å²) in [4.78, 5) is 42.6. The average Bonchev–Trinajstić information content (AvgIpc) is 3.78. The first-order chi connectivity index (χ1) is 22.2. The normalized spacial score (nSPS) is 26.9. The van der Waals surface area contributed by atoms with Crippen LogP contribution in [0.25, 0.3) is 11.0 Å². The lowest BCUT2D eigenvalue weighted by molar-refractivity contribution is -0.144. The van der Waals surface area contributed by atoms with Crippen LogP contribution in [-0.4, -0.2) is 90.3 Å². The van der Waals surface area contributed by atoms with E-state index in [4.69, 9.17) is 25.5 Å². The largest absolute Gasteiger partial charge is 0.481 e. The van der Waals surface area contributed by atoms with Crippen molar-refractivity contribution < 1.29 is 33.4 Å². The van der Waals surface area contributed by atoms with E-state index in [2.05, 4.69) is 17.1 Å². The number of methoxy groups -OCH3 is 1. The molecule has 1 aliphatic carbocycles. The van der Waals surface area contributed by atoms with E-state index in [1.807, 2.05) is 29.2 Å². The van der Waals surface area contributed by atoms with Crippen LogP contribution in [0.5, 0.6) is 0 Å². The van der Waals surface area contributed by atoms with E-state index in [0.29, 0.717) is 53.8 Å². The smallest absolute Gasteiger partial charge is 0.306 e. The molecule has 11 heteroatoms. The number of hydrogen-bond donors (Lipinski definition) is 2.